The number of carbonyl (C=O) groups excluding carboxylic acids is 2. The molecule has 0 saturated carbocycles. The predicted molar refractivity (Wildman–Crippen MR) is 409 cm³/mol. The Bertz CT molecular complexity index is 1630. The number of ether oxygens (including phenoxy) is 2. The first-order chi connectivity index (χ1) is 46.0. The minimum Gasteiger partial charge on any atom is -0.462 e. The van der Waals surface area contributed by atoms with Crippen molar-refractivity contribution in [1.82, 2.24) is 0 Å². The number of hydrogen-bond donors (Lipinski definition) is 1. The van der Waals surface area contributed by atoms with Crippen LogP contribution >= 0.6 is 7.82 Å². The second-order valence-corrected chi connectivity index (χ2v) is 31.7. The zero-order valence-electron chi connectivity index (χ0n) is 64.0. The summed E-state index contributed by atoms with van der Waals surface area (Å²) < 4.78 is 34.9. The molecule has 0 rings (SSSR count). The van der Waals surface area contributed by atoms with E-state index in [1.807, 2.05) is 21.1 Å². The second kappa shape index (κ2) is 75.7. The van der Waals surface area contributed by atoms with Crippen molar-refractivity contribution in [3.05, 3.63) is 24.3 Å². The van der Waals surface area contributed by atoms with E-state index in [2.05, 4.69) is 38.2 Å². The fourth-order valence-electron chi connectivity index (χ4n) is 13.1. The number of rotatable bonds is 80. The van der Waals surface area contributed by atoms with Gasteiger partial charge in [0.15, 0.2) is 6.10 Å². The maximum Gasteiger partial charge on any atom is 0.472 e. The average Bonchev–Trinajstić information content (AvgIpc) is 1.57. The monoisotopic (exact) mass is 1350 g/mol. The van der Waals surface area contributed by atoms with Crippen LogP contribution in [0.4, 0.5) is 0 Å². The Labute approximate surface area is 587 Å². The number of hydrogen-bond acceptors (Lipinski definition) is 7. The molecule has 0 bridgehead atoms. The van der Waals surface area contributed by atoms with Crippen LogP contribution in [0.2, 0.25) is 0 Å². The number of nitrogens with zero attached hydrogens (tertiary/aromatic N) is 1. The van der Waals surface area contributed by atoms with E-state index in [4.69, 9.17) is 18.5 Å². The summed E-state index contributed by atoms with van der Waals surface area (Å²) >= 11 is 0. The van der Waals surface area contributed by atoms with Gasteiger partial charge in [-0.25, -0.2) is 4.57 Å². The number of phosphoric ester groups is 1. The standard InChI is InChI=1S/C84H164NO8P/c1-6-8-10-12-14-16-18-20-22-24-26-28-30-32-34-36-37-38-39-40-41-42-43-44-45-46-47-49-51-53-55-57-59-61-63-65-67-69-71-73-75-77-84(87)93-82(81-92-94(88,89)91-79-78-85(3,4)5)80-90-83(86)76-74-72-70-68-66-64-62-60-58-56-54-52-50-48-35-33-31-29-27-25-23-21-19-17-15-13-11-9-7-2/h18,20,24,26,82H,6-17,19,21-23,25,27-81H2,1-5H3/p+1/b20-18-,26-24-. The molecule has 0 spiro atoms. The number of carbonyl (C=O) groups is 2. The third-order valence-corrected chi connectivity index (χ3v) is 20.5. The van der Waals surface area contributed by atoms with Gasteiger partial charge in [-0.1, -0.05) is 417 Å². The van der Waals surface area contributed by atoms with Crippen LogP contribution in [0.1, 0.15) is 450 Å². The van der Waals surface area contributed by atoms with Gasteiger partial charge >= 0.3 is 19.8 Å². The maximum absolute atomic E-state index is 12.9. The van der Waals surface area contributed by atoms with Crippen molar-refractivity contribution in [1.29, 1.82) is 0 Å². The first kappa shape index (κ1) is 92.5. The van der Waals surface area contributed by atoms with Gasteiger partial charge in [-0.05, 0) is 44.9 Å². The number of esters is 2. The maximum atomic E-state index is 12.9. The molecule has 0 saturated heterocycles. The molecular weight excluding hydrogens is 1180 g/mol. The lowest BCUT2D eigenvalue weighted by atomic mass is 10.0. The molecule has 0 heterocycles. The van der Waals surface area contributed by atoms with E-state index in [-0.39, 0.29) is 25.6 Å². The topological polar surface area (TPSA) is 108 Å². The van der Waals surface area contributed by atoms with Gasteiger partial charge in [0.25, 0.3) is 0 Å². The molecule has 0 aromatic heterocycles. The lowest BCUT2D eigenvalue weighted by Crippen LogP contribution is -2.37. The van der Waals surface area contributed by atoms with Gasteiger partial charge in [-0.15, -0.1) is 0 Å². The van der Waals surface area contributed by atoms with Gasteiger partial charge in [0.1, 0.15) is 19.8 Å². The Balaban J connectivity index is 3.85. The van der Waals surface area contributed by atoms with Crippen LogP contribution in [-0.2, 0) is 32.7 Å². The van der Waals surface area contributed by atoms with Gasteiger partial charge in [-0.2, -0.15) is 0 Å². The van der Waals surface area contributed by atoms with Crippen LogP contribution in [0, 0.1) is 0 Å². The van der Waals surface area contributed by atoms with Crippen molar-refractivity contribution in [2.24, 2.45) is 0 Å². The highest BCUT2D eigenvalue weighted by Gasteiger charge is 2.27. The molecule has 558 valence electrons. The number of unbranched alkanes of at least 4 members (excludes halogenated alkanes) is 62. The molecule has 2 atom stereocenters. The molecule has 0 fully saturated rings. The Morgan fingerprint density at radius 2 is 0.574 bits per heavy atom. The Hall–Kier alpha value is -1.51. The first-order valence-electron chi connectivity index (χ1n) is 42.1. The third-order valence-electron chi connectivity index (χ3n) is 19.5. The molecule has 0 aromatic carbocycles. The molecule has 0 amide bonds. The van der Waals surface area contributed by atoms with Crippen molar-refractivity contribution in [2.75, 3.05) is 47.5 Å². The molecule has 0 radical (unpaired) electrons. The number of likely N-dealkylation sites (N-methyl/N-ethyl adjacent to an activating group) is 1. The van der Waals surface area contributed by atoms with Crippen molar-refractivity contribution in [2.45, 2.75) is 457 Å². The Kier molecular flexibility index (Phi) is 74.5. The highest BCUT2D eigenvalue weighted by molar-refractivity contribution is 7.47. The largest absolute Gasteiger partial charge is 0.472 e. The van der Waals surface area contributed by atoms with E-state index in [0.717, 1.165) is 44.9 Å². The number of quaternary nitrogens is 1. The number of phosphoric acid groups is 1. The van der Waals surface area contributed by atoms with E-state index in [9.17, 15) is 19.0 Å². The molecule has 2 unspecified atom stereocenters. The van der Waals surface area contributed by atoms with Crippen molar-refractivity contribution < 1.29 is 42.1 Å². The predicted octanol–water partition coefficient (Wildman–Crippen LogP) is 28.0. The minimum absolute atomic E-state index is 0.0368. The quantitative estimate of drug-likeness (QED) is 0.0211. The van der Waals surface area contributed by atoms with Crippen LogP contribution < -0.4 is 0 Å². The summed E-state index contributed by atoms with van der Waals surface area (Å²) in [5, 5.41) is 0. The Morgan fingerprint density at radius 3 is 0.840 bits per heavy atom. The molecule has 9 nitrogen and oxygen atoms in total. The van der Waals surface area contributed by atoms with Gasteiger partial charge in [-0.3, -0.25) is 18.6 Å². The van der Waals surface area contributed by atoms with Crippen molar-refractivity contribution in [3.63, 3.8) is 0 Å². The summed E-state index contributed by atoms with van der Waals surface area (Å²) in [5.41, 5.74) is 0. The highest BCUT2D eigenvalue weighted by Crippen LogP contribution is 2.43. The molecule has 0 aliphatic rings. The SMILES string of the molecule is CCCCCCC/C=C\C/C=C\CCCCCCCCCCCCCCCCCCCCCCCCCCCCCCCC(=O)OC(COC(=O)CCCCCCCCCCCCCCCCCCCCCCCCCCCCCCC)COP(=O)(O)OCC[N+](C)(C)C. The summed E-state index contributed by atoms with van der Waals surface area (Å²) in [4.78, 5) is 36.0. The van der Waals surface area contributed by atoms with Crippen molar-refractivity contribution in [3.8, 4) is 0 Å². The van der Waals surface area contributed by atoms with E-state index >= 15 is 0 Å². The summed E-state index contributed by atoms with van der Waals surface area (Å²) in [7, 11) is 1.51. The summed E-state index contributed by atoms with van der Waals surface area (Å²) in [5.74, 6) is -0.766. The van der Waals surface area contributed by atoms with Crippen LogP contribution in [0.5, 0.6) is 0 Å². The molecule has 0 aliphatic heterocycles. The smallest absolute Gasteiger partial charge is 0.462 e. The minimum atomic E-state index is -4.39. The van der Waals surface area contributed by atoms with Gasteiger partial charge in [0.05, 0.1) is 27.7 Å². The first-order valence-corrected chi connectivity index (χ1v) is 43.6. The molecule has 0 aliphatic carbocycles. The second-order valence-electron chi connectivity index (χ2n) is 30.2. The molecule has 10 heteroatoms. The van der Waals surface area contributed by atoms with E-state index in [1.165, 1.54) is 379 Å². The summed E-state index contributed by atoms with van der Waals surface area (Å²) in [6, 6.07) is 0. The molecule has 1 N–H and O–H groups in total. The average molecular weight is 1350 g/mol. The van der Waals surface area contributed by atoms with Crippen LogP contribution in [-0.4, -0.2) is 74.9 Å². The van der Waals surface area contributed by atoms with E-state index in [0.29, 0.717) is 17.4 Å². The van der Waals surface area contributed by atoms with Gasteiger partial charge in [0, 0.05) is 12.8 Å². The Morgan fingerprint density at radius 1 is 0.330 bits per heavy atom. The van der Waals surface area contributed by atoms with Crippen molar-refractivity contribution >= 4 is 19.8 Å². The zero-order valence-corrected chi connectivity index (χ0v) is 64.9. The molecule has 0 aromatic rings. The van der Waals surface area contributed by atoms with Crippen LogP contribution in [0.25, 0.3) is 0 Å². The fraction of sp³-hybridized carbons (Fsp3) is 0.929. The molecule has 94 heavy (non-hydrogen) atoms. The van der Waals surface area contributed by atoms with Crippen LogP contribution in [0.15, 0.2) is 24.3 Å². The highest BCUT2D eigenvalue weighted by atomic mass is 31.2. The van der Waals surface area contributed by atoms with E-state index < -0.39 is 26.5 Å². The summed E-state index contributed by atoms with van der Waals surface area (Å²) in [6.45, 7) is 4.52. The lowest BCUT2D eigenvalue weighted by molar-refractivity contribution is -0.870. The van der Waals surface area contributed by atoms with Gasteiger partial charge < -0.3 is 18.9 Å². The third kappa shape index (κ3) is 79.5. The number of allylic oxidation sites excluding steroid dienone is 4. The normalized spacial score (nSPS) is 13.0. The lowest BCUT2D eigenvalue weighted by Gasteiger charge is -2.24. The zero-order chi connectivity index (χ0) is 68.3. The molecular formula is C84H165NO8P+. The fourth-order valence-corrected chi connectivity index (χ4v) is 13.8. The summed E-state index contributed by atoms with van der Waals surface area (Å²) in [6.07, 6.45) is 97.8. The van der Waals surface area contributed by atoms with Crippen LogP contribution in [0.3, 0.4) is 0 Å². The van der Waals surface area contributed by atoms with E-state index in [1.54, 1.807) is 0 Å². The van der Waals surface area contributed by atoms with Gasteiger partial charge in [0.2, 0.25) is 0 Å².